The molecule has 1 unspecified atom stereocenters. The van der Waals surface area contributed by atoms with E-state index < -0.39 is 17.8 Å². The number of carbonyl (C=O) groups is 3. The van der Waals surface area contributed by atoms with Gasteiger partial charge in [0.1, 0.15) is 0 Å². The number of nitrogens with zero attached hydrogens (tertiary/aromatic N) is 1. The summed E-state index contributed by atoms with van der Waals surface area (Å²) in [5, 5.41) is 11.0. The minimum atomic E-state index is -1.09. The van der Waals surface area contributed by atoms with Crippen LogP contribution in [0, 0.1) is 0 Å². The van der Waals surface area contributed by atoms with Crippen LogP contribution in [0.4, 0.5) is 0 Å². The predicted molar refractivity (Wildman–Crippen MR) is 56.3 cm³/mol. The lowest BCUT2D eigenvalue weighted by Gasteiger charge is -2.20. The van der Waals surface area contributed by atoms with Crippen molar-refractivity contribution >= 4 is 17.8 Å². The zero-order valence-electron chi connectivity index (χ0n) is 8.84. The first kappa shape index (κ1) is 11.3. The summed E-state index contributed by atoms with van der Waals surface area (Å²) in [5.74, 6) is -2.29. The third kappa shape index (κ3) is 2.30. The summed E-state index contributed by atoms with van der Waals surface area (Å²) in [6, 6.07) is 1.41. The fourth-order valence-corrected chi connectivity index (χ4v) is 1.78. The van der Waals surface area contributed by atoms with Gasteiger partial charge in [-0.15, -0.1) is 0 Å². The van der Waals surface area contributed by atoms with E-state index in [4.69, 9.17) is 5.11 Å². The van der Waals surface area contributed by atoms with Crippen molar-refractivity contribution in [2.75, 3.05) is 0 Å². The van der Waals surface area contributed by atoms with E-state index in [-0.39, 0.29) is 17.9 Å². The molecule has 1 atom stereocenters. The highest BCUT2D eigenvalue weighted by Crippen LogP contribution is 2.24. The second-order valence-corrected chi connectivity index (χ2v) is 3.82. The highest BCUT2D eigenvalue weighted by molar-refractivity contribution is 6.01. The van der Waals surface area contributed by atoms with Crippen molar-refractivity contribution in [2.24, 2.45) is 0 Å². The van der Waals surface area contributed by atoms with E-state index in [0.29, 0.717) is 12.0 Å². The van der Waals surface area contributed by atoms with Crippen LogP contribution in [0.3, 0.4) is 0 Å². The number of carbonyl (C=O) groups excluding carboxylic acids is 2. The predicted octanol–water partition coefficient (Wildman–Crippen LogP) is 0.300. The molecule has 6 heteroatoms. The Labute approximate surface area is 96.7 Å². The molecule has 1 aliphatic heterocycles. The lowest BCUT2D eigenvalue weighted by atomic mass is 9.91. The summed E-state index contributed by atoms with van der Waals surface area (Å²) in [6.07, 6.45) is 3.31. The van der Waals surface area contributed by atoms with Crippen molar-refractivity contribution in [3.05, 3.63) is 29.6 Å². The number of amides is 2. The molecule has 1 fully saturated rings. The maximum absolute atomic E-state index is 11.6. The molecule has 2 heterocycles. The highest BCUT2D eigenvalue weighted by atomic mass is 16.4. The molecule has 1 aromatic rings. The van der Waals surface area contributed by atoms with E-state index in [1.54, 1.807) is 0 Å². The van der Waals surface area contributed by atoms with E-state index in [1.807, 2.05) is 0 Å². The molecule has 2 amide bonds. The van der Waals surface area contributed by atoms with Crippen molar-refractivity contribution in [3.8, 4) is 0 Å². The second-order valence-electron chi connectivity index (χ2n) is 3.82. The molecule has 6 nitrogen and oxygen atoms in total. The molecule has 0 bridgehead atoms. The largest absolute Gasteiger partial charge is 0.478 e. The number of rotatable bonds is 2. The first-order chi connectivity index (χ1) is 8.08. The summed E-state index contributed by atoms with van der Waals surface area (Å²) in [5.41, 5.74) is 0.558. The average Bonchev–Trinajstić information content (AvgIpc) is 2.29. The Kier molecular flexibility index (Phi) is 2.86. The molecule has 0 saturated carbocycles. The molecular weight excluding hydrogens is 224 g/mol. The monoisotopic (exact) mass is 234 g/mol. The average molecular weight is 234 g/mol. The third-order valence-corrected chi connectivity index (χ3v) is 2.65. The van der Waals surface area contributed by atoms with Crippen LogP contribution in [0.5, 0.6) is 0 Å². The number of nitrogens with one attached hydrogen (secondary N) is 1. The van der Waals surface area contributed by atoms with Gasteiger partial charge in [0.25, 0.3) is 0 Å². The number of imide groups is 1. The summed E-state index contributed by atoms with van der Waals surface area (Å²) >= 11 is 0. The highest BCUT2D eigenvalue weighted by Gasteiger charge is 2.28. The summed E-state index contributed by atoms with van der Waals surface area (Å²) in [4.78, 5) is 37.1. The van der Waals surface area contributed by atoms with Crippen LogP contribution in [0.2, 0.25) is 0 Å². The number of aromatic nitrogens is 1. The Morgan fingerprint density at radius 2 is 2.18 bits per heavy atom. The van der Waals surface area contributed by atoms with Crippen LogP contribution in [-0.2, 0) is 9.59 Å². The van der Waals surface area contributed by atoms with Crippen molar-refractivity contribution in [3.63, 3.8) is 0 Å². The quantitative estimate of drug-likeness (QED) is 0.717. The smallest absolute Gasteiger partial charge is 0.337 e. The van der Waals surface area contributed by atoms with Crippen LogP contribution >= 0.6 is 0 Å². The fourth-order valence-electron chi connectivity index (χ4n) is 1.78. The van der Waals surface area contributed by atoms with Gasteiger partial charge in [-0.25, -0.2) is 4.79 Å². The molecule has 1 aliphatic rings. The van der Waals surface area contributed by atoms with Crippen molar-refractivity contribution < 1.29 is 19.5 Å². The van der Waals surface area contributed by atoms with Gasteiger partial charge in [-0.1, -0.05) is 0 Å². The van der Waals surface area contributed by atoms with E-state index in [9.17, 15) is 14.4 Å². The van der Waals surface area contributed by atoms with Gasteiger partial charge in [0.05, 0.1) is 11.5 Å². The van der Waals surface area contributed by atoms with Gasteiger partial charge in [-0.2, -0.15) is 0 Å². The molecule has 1 saturated heterocycles. The zero-order chi connectivity index (χ0) is 12.4. The normalized spacial score (nSPS) is 19.9. The number of piperidine rings is 1. The Balaban J connectivity index is 2.28. The lowest BCUT2D eigenvalue weighted by Crippen LogP contribution is -2.39. The van der Waals surface area contributed by atoms with Crippen molar-refractivity contribution in [1.29, 1.82) is 0 Å². The Hall–Kier alpha value is -2.24. The molecule has 0 aliphatic carbocycles. The van der Waals surface area contributed by atoms with Gasteiger partial charge in [-0.05, 0) is 18.1 Å². The van der Waals surface area contributed by atoms with Gasteiger partial charge in [0, 0.05) is 18.8 Å². The molecule has 88 valence electrons. The first-order valence-corrected chi connectivity index (χ1v) is 5.10. The minimum Gasteiger partial charge on any atom is -0.478 e. The van der Waals surface area contributed by atoms with Crippen molar-refractivity contribution in [2.45, 2.75) is 18.8 Å². The summed E-state index contributed by atoms with van der Waals surface area (Å²) in [6.45, 7) is 0. The number of carboxylic acid groups (broad SMARTS) is 1. The van der Waals surface area contributed by atoms with Crippen molar-refractivity contribution in [1.82, 2.24) is 10.3 Å². The molecule has 1 aromatic heterocycles. The van der Waals surface area contributed by atoms with Gasteiger partial charge >= 0.3 is 5.97 Å². The van der Waals surface area contributed by atoms with Crippen LogP contribution in [0.25, 0.3) is 0 Å². The standard InChI is InChI=1S/C11H10N2O4/c14-9-2-1-8(10(15)13-9)6-3-7(11(16)17)5-12-4-6/h3-5,8H,1-2H2,(H,16,17)(H,13,14,15). The van der Waals surface area contributed by atoms with Crippen LogP contribution in [-0.4, -0.2) is 27.9 Å². The number of aromatic carboxylic acids is 1. The molecule has 17 heavy (non-hydrogen) atoms. The summed E-state index contributed by atoms with van der Waals surface area (Å²) < 4.78 is 0. The Morgan fingerprint density at radius 3 is 2.82 bits per heavy atom. The maximum atomic E-state index is 11.6. The number of hydrogen-bond donors (Lipinski definition) is 2. The van der Waals surface area contributed by atoms with Gasteiger partial charge < -0.3 is 5.11 Å². The number of pyridine rings is 1. The maximum Gasteiger partial charge on any atom is 0.337 e. The van der Waals surface area contributed by atoms with Gasteiger partial charge in [0.2, 0.25) is 11.8 Å². The van der Waals surface area contributed by atoms with Gasteiger partial charge in [-0.3, -0.25) is 19.9 Å². The fraction of sp³-hybridized carbons (Fsp3) is 0.273. The third-order valence-electron chi connectivity index (χ3n) is 2.65. The van der Waals surface area contributed by atoms with Crippen LogP contribution in [0.1, 0.15) is 34.7 Å². The molecule has 0 aromatic carbocycles. The van der Waals surface area contributed by atoms with E-state index in [0.717, 1.165) is 0 Å². The molecule has 0 radical (unpaired) electrons. The van der Waals surface area contributed by atoms with E-state index >= 15 is 0 Å². The Bertz CT molecular complexity index is 498. The molecule has 0 spiro atoms. The topological polar surface area (TPSA) is 96.4 Å². The number of carboxylic acids is 1. The lowest BCUT2D eigenvalue weighted by molar-refractivity contribution is -0.134. The number of hydrogen-bond acceptors (Lipinski definition) is 4. The molecule has 2 rings (SSSR count). The molecule has 2 N–H and O–H groups in total. The first-order valence-electron chi connectivity index (χ1n) is 5.10. The molecular formula is C11H10N2O4. The van der Waals surface area contributed by atoms with Gasteiger partial charge in [0.15, 0.2) is 0 Å². The zero-order valence-corrected chi connectivity index (χ0v) is 8.84. The summed E-state index contributed by atoms with van der Waals surface area (Å²) in [7, 11) is 0. The Morgan fingerprint density at radius 1 is 1.41 bits per heavy atom. The van der Waals surface area contributed by atoms with Crippen LogP contribution in [0.15, 0.2) is 18.5 Å². The SMILES string of the molecule is O=C1CCC(c2cncc(C(=O)O)c2)C(=O)N1. The van der Waals surface area contributed by atoms with Crippen LogP contribution < -0.4 is 5.32 Å². The minimum absolute atomic E-state index is 0.0344. The van der Waals surface area contributed by atoms with E-state index in [2.05, 4.69) is 10.3 Å². The second kappa shape index (κ2) is 4.32. The van der Waals surface area contributed by atoms with E-state index in [1.165, 1.54) is 18.5 Å².